The van der Waals surface area contributed by atoms with Crippen LogP contribution in [0.4, 0.5) is 0 Å². The van der Waals surface area contributed by atoms with Crippen molar-refractivity contribution in [3.8, 4) is 0 Å². The minimum absolute atomic E-state index is 1.12. The Morgan fingerprint density at radius 2 is 2.06 bits per heavy atom. The van der Waals surface area contributed by atoms with Crippen molar-refractivity contribution in [2.75, 3.05) is 0 Å². The number of aromatic nitrogens is 1. The molecular weight excluding hydrogens is 194 g/mol. The normalized spacial score (nSPS) is 14.9. The van der Waals surface area contributed by atoms with E-state index in [4.69, 9.17) is 0 Å². The zero-order valence-corrected chi connectivity index (χ0v) is 10.1. The van der Waals surface area contributed by atoms with Crippen molar-refractivity contribution >= 4 is 16.5 Å². The predicted octanol–water partition coefficient (Wildman–Crippen LogP) is 4.22. The number of hydrogen-bond donors (Lipinski definition) is 1. The van der Waals surface area contributed by atoms with Crippen molar-refractivity contribution in [1.29, 1.82) is 0 Å². The molecule has 0 saturated carbocycles. The molecule has 0 spiro atoms. The maximum atomic E-state index is 3.51. The number of hydrogen-bond acceptors (Lipinski definition) is 0. The molecule has 2 aromatic rings. The molecule has 1 nitrogen and oxygen atoms in total. The summed E-state index contributed by atoms with van der Waals surface area (Å²) in [5.74, 6) is 0. The Labute approximate surface area is 96.2 Å². The molecule has 0 unspecified atom stereocenters. The van der Waals surface area contributed by atoms with Crippen LogP contribution in [0.5, 0.6) is 0 Å². The van der Waals surface area contributed by atoms with Crippen molar-refractivity contribution in [2.45, 2.75) is 33.6 Å². The van der Waals surface area contributed by atoms with E-state index in [0.717, 1.165) is 12.8 Å². The first kappa shape index (κ1) is 9.71. The minimum atomic E-state index is 1.12. The van der Waals surface area contributed by atoms with Gasteiger partial charge in [-0.25, -0.2) is 0 Å². The van der Waals surface area contributed by atoms with Gasteiger partial charge in [-0.05, 0) is 43.9 Å². The minimum Gasteiger partial charge on any atom is -0.358 e. The van der Waals surface area contributed by atoms with Crippen molar-refractivity contribution in [3.05, 3.63) is 40.6 Å². The van der Waals surface area contributed by atoms with Gasteiger partial charge in [0.05, 0.1) is 0 Å². The average molecular weight is 211 g/mol. The van der Waals surface area contributed by atoms with Gasteiger partial charge in [0.1, 0.15) is 0 Å². The van der Waals surface area contributed by atoms with Gasteiger partial charge in [-0.1, -0.05) is 24.6 Å². The summed E-state index contributed by atoms with van der Waals surface area (Å²) in [5, 5.41) is 1.46. The molecule has 3 rings (SSSR count). The number of rotatable bonds is 1. The van der Waals surface area contributed by atoms with E-state index in [9.17, 15) is 0 Å². The van der Waals surface area contributed by atoms with Gasteiger partial charge in [0, 0.05) is 22.2 Å². The van der Waals surface area contributed by atoms with Crippen LogP contribution in [-0.2, 0) is 6.42 Å². The van der Waals surface area contributed by atoms with E-state index < -0.39 is 0 Å². The smallest absolute Gasteiger partial charge is 0.0465 e. The van der Waals surface area contributed by atoms with E-state index in [2.05, 4.69) is 44.0 Å². The average Bonchev–Trinajstić information content (AvgIpc) is 2.58. The summed E-state index contributed by atoms with van der Waals surface area (Å²) in [6, 6.07) is 6.60. The molecule has 0 atom stereocenters. The van der Waals surface area contributed by atoms with Gasteiger partial charge in [0.25, 0.3) is 0 Å². The number of aryl methyl sites for hydroxylation is 1. The van der Waals surface area contributed by atoms with Crippen LogP contribution in [0.1, 0.15) is 37.1 Å². The fourth-order valence-corrected chi connectivity index (χ4v) is 3.06. The van der Waals surface area contributed by atoms with Gasteiger partial charge >= 0.3 is 0 Å². The highest BCUT2D eigenvalue weighted by Gasteiger charge is 2.20. The molecule has 0 amide bonds. The quantitative estimate of drug-likeness (QED) is 0.727. The first-order valence-electron chi connectivity index (χ1n) is 6.01. The van der Waals surface area contributed by atoms with Gasteiger partial charge in [-0.15, -0.1) is 0 Å². The monoisotopic (exact) mass is 211 g/mol. The van der Waals surface area contributed by atoms with Crippen LogP contribution in [0.15, 0.2) is 23.8 Å². The van der Waals surface area contributed by atoms with E-state index >= 15 is 0 Å². The molecule has 0 radical (unpaired) electrons. The molecule has 1 N–H and O–H groups in total. The Bertz CT molecular complexity index is 599. The van der Waals surface area contributed by atoms with Gasteiger partial charge in [0.2, 0.25) is 0 Å². The zero-order valence-electron chi connectivity index (χ0n) is 10.1. The summed E-state index contributed by atoms with van der Waals surface area (Å²) in [6.45, 7) is 6.71. The number of benzene rings is 1. The molecule has 0 bridgehead atoms. The van der Waals surface area contributed by atoms with Crippen LogP contribution in [0, 0.1) is 6.92 Å². The summed E-state index contributed by atoms with van der Waals surface area (Å²) in [4.78, 5) is 3.51. The van der Waals surface area contributed by atoms with Crippen molar-refractivity contribution in [1.82, 2.24) is 4.98 Å². The van der Waals surface area contributed by atoms with Crippen molar-refractivity contribution in [3.63, 3.8) is 0 Å². The standard InChI is InChI=1S/C15H17N/c1-4-12-9(2)8-11-6-5-7-13-15(11)14(12)10(3)16-13/h5-7,16H,4,8H2,1-3H3. The summed E-state index contributed by atoms with van der Waals surface area (Å²) in [7, 11) is 0. The van der Waals surface area contributed by atoms with Gasteiger partial charge in [0.15, 0.2) is 0 Å². The summed E-state index contributed by atoms with van der Waals surface area (Å²) in [5.41, 5.74) is 8.64. The van der Waals surface area contributed by atoms with Crippen LogP contribution in [0.3, 0.4) is 0 Å². The highest BCUT2D eigenvalue weighted by molar-refractivity contribution is 5.99. The molecule has 16 heavy (non-hydrogen) atoms. The van der Waals surface area contributed by atoms with Crippen molar-refractivity contribution < 1.29 is 0 Å². The van der Waals surface area contributed by atoms with Crippen LogP contribution < -0.4 is 0 Å². The second-order valence-corrected chi connectivity index (χ2v) is 4.75. The van der Waals surface area contributed by atoms with E-state index in [-0.39, 0.29) is 0 Å². The van der Waals surface area contributed by atoms with Crippen molar-refractivity contribution in [2.24, 2.45) is 0 Å². The maximum Gasteiger partial charge on any atom is 0.0465 e. The van der Waals surface area contributed by atoms with Crippen LogP contribution in [-0.4, -0.2) is 4.98 Å². The molecule has 1 aromatic heterocycles. The first-order valence-corrected chi connectivity index (χ1v) is 6.01. The summed E-state index contributed by atoms with van der Waals surface area (Å²) < 4.78 is 0. The molecule has 1 aromatic carbocycles. The Morgan fingerprint density at radius 3 is 2.81 bits per heavy atom. The molecule has 0 aliphatic heterocycles. The molecular formula is C15H17N. The first-order chi connectivity index (χ1) is 7.72. The topological polar surface area (TPSA) is 15.8 Å². The highest BCUT2D eigenvalue weighted by atomic mass is 14.7. The van der Waals surface area contributed by atoms with Crippen LogP contribution in [0.25, 0.3) is 16.5 Å². The fourth-order valence-electron chi connectivity index (χ4n) is 3.06. The predicted molar refractivity (Wildman–Crippen MR) is 69.6 cm³/mol. The summed E-state index contributed by atoms with van der Waals surface area (Å²) in [6.07, 6.45) is 2.25. The lowest BCUT2D eigenvalue weighted by molar-refractivity contribution is 1.09. The molecule has 1 heterocycles. The van der Waals surface area contributed by atoms with Crippen LogP contribution >= 0.6 is 0 Å². The van der Waals surface area contributed by atoms with Gasteiger partial charge in [-0.3, -0.25) is 0 Å². The molecule has 0 fully saturated rings. The third kappa shape index (κ3) is 1.12. The molecule has 1 aliphatic carbocycles. The Balaban J connectivity index is 2.46. The molecule has 1 heteroatoms. The lowest BCUT2D eigenvalue weighted by atomic mass is 9.85. The Hall–Kier alpha value is -1.50. The van der Waals surface area contributed by atoms with Gasteiger partial charge in [-0.2, -0.15) is 0 Å². The Kier molecular flexibility index (Phi) is 1.97. The third-order valence-corrected chi connectivity index (χ3v) is 3.72. The van der Waals surface area contributed by atoms with E-state index in [1.807, 2.05) is 0 Å². The number of aromatic amines is 1. The second-order valence-electron chi connectivity index (χ2n) is 4.75. The fraction of sp³-hybridized carbons (Fsp3) is 0.333. The third-order valence-electron chi connectivity index (χ3n) is 3.72. The lowest BCUT2D eigenvalue weighted by Crippen LogP contribution is -2.00. The van der Waals surface area contributed by atoms with Crippen LogP contribution in [0.2, 0.25) is 0 Å². The van der Waals surface area contributed by atoms with E-state index in [1.165, 1.54) is 33.3 Å². The largest absolute Gasteiger partial charge is 0.358 e. The number of H-pyrrole nitrogens is 1. The molecule has 82 valence electrons. The Morgan fingerprint density at radius 1 is 1.25 bits per heavy atom. The van der Waals surface area contributed by atoms with E-state index in [0.29, 0.717) is 0 Å². The SMILES string of the molecule is CCC1=C(C)Cc2cccc3[nH]c(C)c1c23. The number of nitrogens with one attached hydrogen (secondary N) is 1. The maximum absolute atomic E-state index is 3.51. The second kappa shape index (κ2) is 3.24. The molecule has 0 saturated heterocycles. The number of allylic oxidation sites excluding steroid dienone is 2. The van der Waals surface area contributed by atoms with Gasteiger partial charge < -0.3 is 4.98 Å². The van der Waals surface area contributed by atoms with E-state index in [1.54, 1.807) is 5.57 Å². The molecule has 1 aliphatic rings. The zero-order chi connectivity index (χ0) is 11.3. The summed E-state index contributed by atoms with van der Waals surface area (Å²) >= 11 is 0. The lowest BCUT2D eigenvalue weighted by Gasteiger charge is -2.18. The highest BCUT2D eigenvalue weighted by Crippen LogP contribution is 2.39.